The standard InChI is InChI=1S/C32H12BF24.C21H22NO/c34-25(35,36)13-1-14(26(37,38)39)6-21(5-13)33(22-7-15(27(40,41)42)2-16(8-22)28(43,44)45,23-9-17(29(46,47)48)3-18(10-23)30(49,50)51)24-11-19(31(52,53)54)4-20(12-24)32(55,56)57;1-21(2,3)19-10-8-17(9-11-19)20(23)15-22-13-12-16-6-4-5-7-18(16)14-22/h1-12H;4-14H,15H2,1-3H3/q-1;+1. The van der Waals surface area contributed by atoms with E-state index in [0.717, 1.165) is 10.9 Å². The van der Waals surface area contributed by atoms with Crippen molar-refractivity contribution in [2.24, 2.45) is 0 Å². The summed E-state index contributed by atoms with van der Waals surface area (Å²) in [5, 5.41) is 2.33. The summed E-state index contributed by atoms with van der Waals surface area (Å²) in [6, 6.07) is 9.39. The highest BCUT2D eigenvalue weighted by atomic mass is 19.4. The lowest BCUT2D eigenvalue weighted by Crippen LogP contribution is -2.75. The maximum absolute atomic E-state index is 14.2. The Morgan fingerprint density at radius 3 is 0.863 bits per heavy atom. The molecule has 0 saturated heterocycles. The summed E-state index contributed by atoms with van der Waals surface area (Å²) in [6.45, 7) is 6.89. The van der Waals surface area contributed by atoms with Crippen LogP contribution >= 0.6 is 0 Å². The van der Waals surface area contributed by atoms with Crippen molar-refractivity contribution in [2.75, 3.05) is 0 Å². The van der Waals surface area contributed by atoms with E-state index in [-0.39, 0.29) is 11.2 Å². The summed E-state index contributed by atoms with van der Waals surface area (Å²) in [4.78, 5) is 12.5. The minimum atomic E-state index is -6.13. The van der Waals surface area contributed by atoms with Gasteiger partial charge in [-0.05, 0) is 46.7 Å². The van der Waals surface area contributed by atoms with Crippen molar-refractivity contribution in [3.8, 4) is 0 Å². The van der Waals surface area contributed by atoms with Gasteiger partial charge < -0.3 is 0 Å². The second-order valence-corrected chi connectivity index (χ2v) is 19.2. The maximum atomic E-state index is 14.2. The molecule has 0 aliphatic carbocycles. The largest absolute Gasteiger partial charge is 0.416 e. The highest BCUT2D eigenvalue weighted by Gasteiger charge is 2.47. The van der Waals surface area contributed by atoms with E-state index in [1.54, 1.807) is 0 Å². The molecule has 0 N–H and O–H groups in total. The molecule has 0 aliphatic rings. The van der Waals surface area contributed by atoms with Crippen LogP contribution in [0.1, 0.15) is 81.2 Å². The first-order chi connectivity index (χ1) is 36.2. The number of carbonyl (C=O) groups excluding carboxylic acids is 1. The summed E-state index contributed by atoms with van der Waals surface area (Å²) in [5.41, 5.74) is -28.1. The zero-order valence-corrected chi connectivity index (χ0v) is 40.5. The third kappa shape index (κ3) is 14.0. The molecule has 7 aromatic rings. The van der Waals surface area contributed by atoms with Crippen LogP contribution < -0.4 is 26.4 Å². The molecule has 7 rings (SSSR count). The van der Waals surface area contributed by atoms with E-state index in [2.05, 4.69) is 45.0 Å². The van der Waals surface area contributed by atoms with Crippen molar-refractivity contribution < 1.29 is 115 Å². The monoisotopic (exact) mass is 1170 g/mol. The maximum Gasteiger partial charge on any atom is 0.416 e. The summed E-state index contributed by atoms with van der Waals surface area (Å²) in [6.07, 6.45) is -50.8. The minimum absolute atomic E-state index is 0.106. The van der Waals surface area contributed by atoms with E-state index in [9.17, 15) is 110 Å². The van der Waals surface area contributed by atoms with Crippen molar-refractivity contribution >= 4 is 44.6 Å². The van der Waals surface area contributed by atoms with Crippen LogP contribution in [0, 0.1) is 0 Å². The number of hydrogen-bond acceptors (Lipinski definition) is 1. The van der Waals surface area contributed by atoms with Gasteiger partial charge in [0.2, 0.25) is 12.3 Å². The number of benzene rings is 6. The number of hydrogen-bond donors (Lipinski definition) is 0. The van der Waals surface area contributed by atoms with Gasteiger partial charge >= 0.3 is 49.4 Å². The van der Waals surface area contributed by atoms with Gasteiger partial charge in [0, 0.05) is 17.0 Å². The quantitative estimate of drug-likeness (QED) is 0.0674. The van der Waals surface area contributed by atoms with Crippen molar-refractivity contribution in [1.29, 1.82) is 0 Å². The summed E-state index contributed by atoms with van der Waals surface area (Å²) < 4.78 is 343. The van der Waals surface area contributed by atoms with Crippen LogP contribution in [-0.4, -0.2) is 11.9 Å². The molecule has 0 saturated carbocycles. The highest BCUT2D eigenvalue weighted by molar-refractivity contribution is 7.20. The molecule has 428 valence electrons. The van der Waals surface area contributed by atoms with Crippen LogP contribution in [0.4, 0.5) is 105 Å². The second-order valence-electron chi connectivity index (χ2n) is 19.2. The molecule has 80 heavy (non-hydrogen) atoms. The number of alkyl halides is 24. The highest BCUT2D eigenvalue weighted by Crippen LogP contribution is 2.41. The van der Waals surface area contributed by atoms with Gasteiger partial charge in [0.05, 0.1) is 44.5 Å². The topological polar surface area (TPSA) is 20.9 Å². The van der Waals surface area contributed by atoms with Gasteiger partial charge in [0.1, 0.15) is 6.15 Å². The number of carbonyl (C=O) groups is 1. The number of fused-ring (bicyclic) bond motifs is 1. The lowest BCUT2D eigenvalue weighted by Gasteiger charge is -2.46. The zero-order chi connectivity index (χ0) is 60.4. The van der Waals surface area contributed by atoms with E-state index in [4.69, 9.17) is 0 Å². The molecule has 2 nitrogen and oxygen atoms in total. The number of ketones is 1. The molecule has 1 aromatic heterocycles. The first-order valence-electron chi connectivity index (χ1n) is 22.6. The SMILES string of the molecule is CC(C)(C)c1ccc(C(=O)C[n+]2ccc3ccccc3c2)cc1.FC(F)(F)c1cc([B-](c2cc(C(F)(F)F)cc(C(F)(F)F)c2)(c2cc(C(F)(F)F)cc(C(F)(F)F)c2)c2cc(C(F)(F)F)cc(C(F)(F)F)c2)cc(C(F)(F)F)c1. The summed E-state index contributed by atoms with van der Waals surface area (Å²) in [5.74, 6) is 0.130. The Balaban J connectivity index is 0.000000370. The molecule has 0 unspecified atom stereocenters. The van der Waals surface area contributed by atoms with Gasteiger partial charge in [0.25, 0.3) is 0 Å². The predicted molar refractivity (Wildman–Crippen MR) is 244 cm³/mol. The second kappa shape index (κ2) is 21.0. The van der Waals surface area contributed by atoms with Crippen molar-refractivity contribution in [1.82, 2.24) is 0 Å². The van der Waals surface area contributed by atoms with Crippen LogP contribution in [0.2, 0.25) is 0 Å². The molecular formula is C53H34BF24NO. The van der Waals surface area contributed by atoms with Gasteiger partial charge in [-0.25, -0.2) is 0 Å². The first-order valence-corrected chi connectivity index (χ1v) is 22.6. The number of nitrogens with zero attached hydrogens (tertiary/aromatic N) is 1. The fourth-order valence-electron chi connectivity index (χ4n) is 8.76. The number of Topliss-reactive ketones (excluding diaryl/α,β-unsaturated/α-hetero) is 1. The fourth-order valence-corrected chi connectivity index (χ4v) is 8.76. The number of halogens is 24. The van der Waals surface area contributed by atoms with Crippen molar-refractivity contribution in [2.45, 2.75) is 82.1 Å². The molecule has 27 heteroatoms. The van der Waals surface area contributed by atoms with Crippen molar-refractivity contribution in [3.05, 3.63) is 195 Å². The van der Waals surface area contributed by atoms with Gasteiger partial charge in [-0.2, -0.15) is 132 Å². The molecule has 0 radical (unpaired) electrons. The van der Waals surface area contributed by atoms with Crippen LogP contribution in [0.15, 0.2) is 140 Å². The van der Waals surface area contributed by atoms with E-state index in [0.29, 0.717) is 6.54 Å². The van der Waals surface area contributed by atoms with Crippen LogP contribution in [0.25, 0.3) is 10.8 Å². The first kappa shape index (κ1) is 62.0. The minimum Gasteiger partial charge on any atom is -0.287 e. The van der Waals surface area contributed by atoms with Crippen LogP contribution in [0.3, 0.4) is 0 Å². The van der Waals surface area contributed by atoms with Gasteiger partial charge in [0.15, 0.2) is 12.4 Å². The molecule has 0 atom stereocenters. The Labute approximate surface area is 436 Å². The molecule has 1 heterocycles. The number of rotatable bonds is 7. The van der Waals surface area contributed by atoms with E-state index < -0.39 is 195 Å². The molecule has 0 aliphatic heterocycles. The lowest BCUT2D eigenvalue weighted by atomic mass is 9.12. The smallest absolute Gasteiger partial charge is 0.287 e. The third-order valence-electron chi connectivity index (χ3n) is 12.6. The predicted octanol–water partition coefficient (Wildman–Crippen LogP) is 15.5. The van der Waals surface area contributed by atoms with Gasteiger partial charge in [-0.1, -0.05) is 112 Å². The van der Waals surface area contributed by atoms with Gasteiger partial charge in [-0.3, -0.25) is 4.79 Å². The number of aromatic nitrogens is 1. The lowest BCUT2D eigenvalue weighted by molar-refractivity contribution is -0.681. The molecular weight excluding hydrogens is 1130 g/mol. The molecule has 0 bridgehead atoms. The van der Waals surface area contributed by atoms with Crippen molar-refractivity contribution in [3.63, 3.8) is 0 Å². The van der Waals surface area contributed by atoms with E-state index in [1.807, 2.05) is 47.3 Å². The summed E-state index contributed by atoms with van der Waals surface area (Å²) >= 11 is 0. The Kier molecular flexibility index (Phi) is 16.3. The Bertz CT molecular complexity index is 2970. The normalized spacial score (nSPS) is 13.5. The Hall–Kier alpha value is -7.22. The average Bonchev–Trinajstić information content (AvgIpc) is 3.32. The molecule has 0 spiro atoms. The zero-order valence-electron chi connectivity index (χ0n) is 40.5. The van der Waals surface area contributed by atoms with Crippen LogP contribution in [-0.2, 0) is 61.4 Å². The Morgan fingerprint density at radius 1 is 0.350 bits per heavy atom. The van der Waals surface area contributed by atoms with E-state index in [1.165, 1.54) is 10.9 Å². The Morgan fingerprint density at radius 2 is 0.613 bits per heavy atom. The third-order valence-corrected chi connectivity index (χ3v) is 12.6. The van der Waals surface area contributed by atoms with E-state index >= 15 is 0 Å². The summed E-state index contributed by atoms with van der Waals surface area (Å²) in [7, 11) is 0. The van der Waals surface area contributed by atoms with Gasteiger partial charge in [-0.15, -0.1) is 0 Å². The number of pyridine rings is 1. The van der Waals surface area contributed by atoms with Crippen LogP contribution in [0.5, 0.6) is 0 Å². The molecule has 6 aromatic carbocycles. The molecule has 0 amide bonds. The fraction of sp³-hybridized carbons (Fsp3) is 0.245. The average molecular weight is 1170 g/mol. The molecule has 0 fully saturated rings.